The van der Waals surface area contributed by atoms with Gasteiger partial charge < -0.3 is 11.1 Å². The van der Waals surface area contributed by atoms with Crippen molar-refractivity contribution in [2.45, 2.75) is 33.1 Å². The van der Waals surface area contributed by atoms with Crippen molar-refractivity contribution in [3.8, 4) is 0 Å². The van der Waals surface area contributed by atoms with E-state index in [9.17, 15) is 4.79 Å². The summed E-state index contributed by atoms with van der Waals surface area (Å²) in [7, 11) is 0. The minimum absolute atomic E-state index is 0. The first-order valence-electron chi connectivity index (χ1n) is 5.67. The molecule has 96 valence electrons. The summed E-state index contributed by atoms with van der Waals surface area (Å²) in [6.45, 7) is 4.21. The summed E-state index contributed by atoms with van der Waals surface area (Å²) < 4.78 is 0. The van der Waals surface area contributed by atoms with Gasteiger partial charge in [-0.1, -0.05) is 26.7 Å². The van der Waals surface area contributed by atoms with Crippen LogP contribution >= 0.6 is 12.4 Å². The third kappa shape index (κ3) is 5.54. The zero-order valence-electron chi connectivity index (χ0n) is 10.3. The van der Waals surface area contributed by atoms with Crippen LogP contribution in [-0.2, 0) is 4.79 Å². The maximum Gasteiger partial charge on any atom is 0.224 e. The fourth-order valence-corrected chi connectivity index (χ4v) is 1.53. The van der Waals surface area contributed by atoms with E-state index in [1.807, 2.05) is 0 Å². The molecule has 4 nitrogen and oxygen atoms in total. The van der Waals surface area contributed by atoms with Gasteiger partial charge in [-0.3, -0.25) is 4.79 Å². The number of halogens is 1. The topological polar surface area (TPSA) is 68.0 Å². The molecule has 0 bridgehead atoms. The van der Waals surface area contributed by atoms with E-state index in [0.29, 0.717) is 23.8 Å². The van der Waals surface area contributed by atoms with E-state index in [0.717, 1.165) is 12.8 Å². The van der Waals surface area contributed by atoms with Gasteiger partial charge in [0.15, 0.2) is 0 Å². The molecule has 3 N–H and O–H groups in total. The van der Waals surface area contributed by atoms with Gasteiger partial charge in [-0.15, -0.1) is 12.4 Å². The fraction of sp³-hybridized carbons (Fsp3) is 0.500. The van der Waals surface area contributed by atoms with Gasteiger partial charge in [0.1, 0.15) is 5.82 Å². The summed E-state index contributed by atoms with van der Waals surface area (Å²) in [6, 6.07) is 3.43. The van der Waals surface area contributed by atoms with E-state index in [1.165, 1.54) is 0 Å². The first-order valence-corrected chi connectivity index (χ1v) is 5.67. The normalized spacial score (nSPS) is 9.82. The number of nitrogens with two attached hydrogens (primary N) is 1. The highest BCUT2D eigenvalue weighted by molar-refractivity contribution is 5.90. The smallest absolute Gasteiger partial charge is 0.224 e. The number of rotatable bonds is 5. The number of nitrogens with zero attached hydrogens (tertiary/aromatic N) is 1. The van der Waals surface area contributed by atoms with Crippen LogP contribution in [0.2, 0.25) is 0 Å². The lowest BCUT2D eigenvalue weighted by Crippen LogP contribution is -2.16. The summed E-state index contributed by atoms with van der Waals surface area (Å²) in [5, 5.41) is 2.81. The van der Waals surface area contributed by atoms with Crippen molar-refractivity contribution >= 4 is 29.8 Å². The van der Waals surface area contributed by atoms with Crippen molar-refractivity contribution in [3.63, 3.8) is 0 Å². The average molecular weight is 258 g/mol. The molecule has 1 amide bonds. The molecular formula is C12H20ClN3O. The van der Waals surface area contributed by atoms with Crippen LogP contribution in [0.1, 0.15) is 33.1 Å². The molecule has 1 aromatic heterocycles. The number of hydrogen-bond acceptors (Lipinski definition) is 3. The lowest BCUT2D eigenvalue weighted by molar-refractivity contribution is -0.117. The number of carbonyl (C=O) groups is 1. The Morgan fingerprint density at radius 2 is 2.06 bits per heavy atom. The number of hydrogen-bond donors (Lipinski definition) is 2. The number of aromatic nitrogens is 1. The average Bonchev–Trinajstić information content (AvgIpc) is 2.29. The van der Waals surface area contributed by atoms with Crippen molar-refractivity contribution in [1.82, 2.24) is 4.98 Å². The van der Waals surface area contributed by atoms with Crippen LogP contribution in [0, 0.1) is 5.92 Å². The van der Waals surface area contributed by atoms with E-state index in [2.05, 4.69) is 24.1 Å². The van der Waals surface area contributed by atoms with Crippen LogP contribution in [0.25, 0.3) is 0 Å². The highest BCUT2D eigenvalue weighted by Gasteiger charge is 2.10. The molecule has 5 heteroatoms. The molecule has 0 aliphatic heterocycles. The Hall–Kier alpha value is -1.29. The predicted octanol–water partition coefficient (Wildman–Crippen LogP) is 2.85. The molecule has 0 aliphatic rings. The van der Waals surface area contributed by atoms with Crippen LogP contribution in [0.5, 0.6) is 0 Å². The third-order valence-electron chi connectivity index (χ3n) is 2.70. The molecule has 17 heavy (non-hydrogen) atoms. The van der Waals surface area contributed by atoms with Crippen LogP contribution in [0.15, 0.2) is 18.3 Å². The molecule has 1 rings (SSSR count). The summed E-state index contributed by atoms with van der Waals surface area (Å²) >= 11 is 0. The van der Waals surface area contributed by atoms with Crippen LogP contribution in [0.4, 0.5) is 11.5 Å². The van der Waals surface area contributed by atoms with Gasteiger partial charge >= 0.3 is 0 Å². The molecule has 0 saturated heterocycles. The quantitative estimate of drug-likeness (QED) is 0.852. The molecule has 1 heterocycles. The number of amides is 1. The first kappa shape index (κ1) is 15.7. The molecule has 0 aromatic carbocycles. The predicted molar refractivity (Wildman–Crippen MR) is 73.2 cm³/mol. The fourth-order valence-electron chi connectivity index (χ4n) is 1.53. The molecule has 0 fully saturated rings. The van der Waals surface area contributed by atoms with Gasteiger partial charge in [0, 0.05) is 6.42 Å². The Morgan fingerprint density at radius 1 is 1.41 bits per heavy atom. The molecule has 0 radical (unpaired) electrons. The Morgan fingerprint density at radius 3 is 2.53 bits per heavy atom. The van der Waals surface area contributed by atoms with Crippen LogP contribution < -0.4 is 11.1 Å². The number of anilines is 2. The number of nitrogen functional groups attached to an aromatic ring is 1. The summed E-state index contributed by atoms with van der Waals surface area (Å²) in [4.78, 5) is 15.6. The van der Waals surface area contributed by atoms with E-state index >= 15 is 0 Å². The van der Waals surface area contributed by atoms with Crippen molar-refractivity contribution in [2.24, 2.45) is 5.92 Å². The van der Waals surface area contributed by atoms with Crippen LogP contribution in [-0.4, -0.2) is 10.9 Å². The Balaban J connectivity index is 0.00000256. The maximum absolute atomic E-state index is 11.7. The third-order valence-corrected chi connectivity index (χ3v) is 2.70. The molecular weight excluding hydrogens is 238 g/mol. The van der Waals surface area contributed by atoms with E-state index in [-0.39, 0.29) is 18.3 Å². The monoisotopic (exact) mass is 257 g/mol. The zero-order chi connectivity index (χ0) is 12.0. The molecule has 0 unspecified atom stereocenters. The minimum Gasteiger partial charge on any atom is -0.384 e. The lowest BCUT2D eigenvalue weighted by Gasteiger charge is -2.11. The second kappa shape index (κ2) is 7.90. The van der Waals surface area contributed by atoms with E-state index < -0.39 is 0 Å². The summed E-state index contributed by atoms with van der Waals surface area (Å²) in [6.07, 6.45) is 4.20. The SMILES string of the molecule is CCC(CC)CC(=O)Nc1ccc(N)nc1.Cl. The van der Waals surface area contributed by atoms with Gasteiger partial charge in [0.05, 0.1) is 11.9 Å². The minimum atomic E-state index is 0. The molecule has 0 spiro atoms. The number of nitrogens with one attached hydrogen (secondary N) is 1. The zero-order valence-corrected chi connectivity index (χ0v) is 11.1. The first-order chi connectivity index (χ1) is 7.65. The summed E-state index contributed by atoms with van der Waals surface area (Å²) in [5.41, 5.74) is 6.16. The second-order valence-electron chi connectivity index (χ2n) is 3.91. The Bertz CT molecular complexity index is 336. The van der Waals surface area contributed by atoms with Gasteiger partial charge in [-0.05, 0) is 18.1 Å². The Kier molecular flexibility index (Phi) is 7.30. The lowest BCUT2D eigenvalue weighted by atomic mass is 9.99. The Labute approximate surface area is 108 Å². The molecule has 1 aromatic rings. The van der Waals surface area contributed by atoms with Gasteiger partial charge in [0.25, 0.3) is 0 Å². The van der Waals surface area contributed by atoms with Crippen molar-refractivity contribution < 1.29 is 4.79 Å². The largest absolute Gasteiger partial charge is 0.384 e. The van der Waals surface area contributed by atoms with Gasteiger partial charge in [-0.25, -0.2) is 4.98 Å². The van der Waals surface area contributed by atoms with Crippen molar-refractivity contribution in [1.29, 1.82) is 0 Å². The summed E-state index contributed by atoms with van der Waals surface area (Å²) in [5.74, 6) is 0.958. The molecule has 0 saturated carbocycles. The van der Waals surface area contributed by atoms with Crippen molar-refractivity contribution in [2.75, 3.05) is 11.1 Å². The second-order valence-corrected chi connectivity index (χ2v) is 3.91. The highest BCUT2D eigenvalue weighted by atomic mass is 35.5. The standard InChI is InChI=1S/C12H19N3O.ClH/c1-3-9(4-2)7-12(16)15-10-5-6-11(13)14-8-10;/h5-6,8-9H,3-4,7H2,1-2H3,(H2,13,14)(H,15,16);1H. The number of pyridine rings is 1. The van der Waals surface area contributed by atoms with E-state index in [4.69, 9.17) is 5.73 Å². The maximum atomic E-state index is 11.7. The van der Waals surface area contributed by atoms with Crippen molar-refractivity contribution in [3.05, 3.63) is 18.3 Å². The van der Waals surface area contributed by atoms with Gasteiger partial charge in [0.2, 0.25) is 5.91 Å². The van der Waals surface area contributed by atoms with Crippen LogP contribution in [0.3, 0.4) is 0 Å². The van der Waals surface area contributed by atoms with Gasteiger partial charge in [-0.2, -0.15) is 0 Å². The molecule has 0 atom stereocenters. The van der Waals surface area contributed by atoms with E-state index in [1.54, 1.807) is 18.3 Å². The highest BCUT2D eigenvalue weighted by Crippen LogP contribution is 2.14. The number of carbonyl (C=O) groups excluding carboxylic acids is 1. The molecule has 0 aliphatic carbocycles.